The molecule has 0 bridgehead atoms. The van der Waals surface area contributed by atoms with E-state index in [9.17, 15) is 9.59 Å². The highest BCUT2D eigenvalue weighted by Crippen LogP contribution is 2.03. The second-order valence-electron chi connectivity index (χ2n) is 4.42. The Labute approximate surface area is 126 Å². The number of ether oxygens (including phenoxy) is 1. The Morgan fingerprint density at radius 1 is 1.24 bits per heavy atom. The van der Waals surface area contributed by atoms with E-state index in [1.165, 1.54) is 12.7 Å². The predicted molar refractivity (Wildman–Crippen MR) is 83.6 cm³/mol. The van der Waals surface area contributed by atoms with Gasteiger partial charge in [0.05, 0.1) is 13.2 Å². The lowest BCUT2D eigenvalue weighted by molar-refractivity contribution is -0.140. The molecule has 0 radical (unpaired) electrons. The minimum absolute atomic E-state index is 0.148. The molecule has 1 unspecified atom stereocenters. The minimum atomic E-state index is -0.690. The van der Waals surface area contributed by atoms with Crippen molar-refractivity contribution >= 4 is 11.9 Å². The van der Waals surface area contributed by atoms with E-state index in [-0.39, 0.29) is 24.7 Å². The summed E-state index contributed by atoms with van der Waals surface area (Å²) in [4.78, 5) is 22.6. The molecule has 1 atom stereocenters. The van der Waals surface area contributed by atoms with Gasteiger partial charge < -0.3 is 15.8 Å². The van der Waals surface area contributed by atoms with Gasteiger partial charge >= 0.3 is 5.97 Å². The third-order valence-electron chi connectivity index (χ3n) is 2.81. The zero-order valence-electron chi connectivity index (χ0n) is 13.3. The average Bonchev–Trinajstić information content (AvgIpc) is 2.53. The normalized spacial score (nSPS) is 10.9. The van der Waals surface area contributed by atoms with Crippen molar-refractivity contribution in [2.24, 2.45) is 5.73 Å². The van der Waals surface area contributed by atoms with Gasteiger partial charge in [-0.1, -0.05) is 43.7 Å². The summed E-state index contributed by atoms with van der Waals surface area (Å²) in [6.07, 6.45) is 0.433. The Balaban J connectivity index is 0.00000191. The molecule has 0 aliphatic carbocycles. The molecular weight excluding hydrogens is 268 g/mol. The summed E-state index contributed by atoms with van der Waals surface area (Å²) in [6.45, 7) is 6.44. The van der Waals surface area contributed by atoms with Gasteiger partial charge in [-0.25, -0.2) is 0 Å². The van der Waals surface area contributed by atoms with Crippen molar-refractivity contribution in [1.29, 1.82) is 0 Å². The molecule has 1 aromatic rings. The largest absolute Gasteiger partial charge is 0.469 e. The van der Waals surface area contributed by atoms with Crippen LogP contribution in [0.4, 0.5) is 0 Å². The Morgan fingerprint density at radius 3 is 2.33 bits per heavy atom. The van der Waals surface area contributed by atoms with Gasteiger partial charge in [-0.05, 0) is 18.9 Å². The van der Waals surface area contributed by atoms with Gasteiger partial charge in [-0.15, -0.1) is 0 Å². The van der Waals surface area contributed by atoms with E-state index in [0.29, 0.717) is 6.54 Å². The second kappa shape index (κ2) is 10.9. The van der Waals surface area contributed by atoms with Crippen LogP contribution in [0.1, 0.15) is 37.8 Å². The van der Waals surface area contributed by atoms with Crippen LogP contribution in [0, 0.1) is 6.92 Å². The molecule has 1 rings (SSSR count). The molecule has 0 saturated carbocycles. The molecule has 0 fully saturated rings. The molecule has 0 aliphatic heterocycles. The van der Waals surface area contributed by atoms with Gasteiger partial charge in [-0.2, -0.15) is 0 Å². The molecule has 1 aromatic carbocycles. The van der Waals surface area contributed by atoms with Gasteiger partial charge in [-0.3, -0.25) is 9.59 Å². The lowest BCUT2D eigenvalue weighted by atomic mass is 10.1. The standard InChI is InChI=1S/C14H20N2O3.C2H6/c1-10-3-5-11(6-4-10)9-16-14(18)12(15)7-8-13(17)19-2;1-2/h3-6,12H,7-9,15H2,1-2H3,(H,16,18);1-2H3. The van der Waals surface area contributed by atoms with Crippen molar-refractivity contribution in [3.05, 3.63) is 35.4 Å². The second-order valence-corrected chi connectivity index (χ2v) is 4.42. The minimum Gasteiger partial charge on any atom is -0.469 e. The molecule has 0 spiro atoms. The number of carbonyl (C=O) groups is 2. The van der Waals surface area contributed by atoms with Gasteiger partial charge in [0.1, 0.15) is 0 Å². The first-order chi connectivity index (χ1) is 10.0. The monoisotopic (exact) mass is 294 g/mol. The third-order valence-corrected chi connectivity index (χ3v) is 2.81. The van der Waals surface area contributed by atoms with E-state index in [4.69, 9.17) is 5.73 Å². The van der Waals surface area contributed by atoms with E-state index < -0.39 is 6.04 Å². The lowest BCUT2D eigenvalue weighted by Gasteiger charge is -2.11. The molecule has 0 heterocycles. The molecule has 118 valence electrons. The first kappa shape index (κ1) is 19.1. The molecule has 1 amide bonds. The van der Waals surface area contributed by atoms with Gasteiger partial charge in [0.15, 0.2) is 0 Å². The van der Waals surface area contributed by atoms with Crippen LogP contribution in [0.15, 0.2) is 24.3 Å². The maximum absolute atomic E-state index is 11.7. The van der Waals surface area contributed by atoms with E-state index in [1.54, 1.807) is 0 Å². The molecule has 0 saturated heterocycles. The molecular formula is C16H26N2O3. The zero-order chi connectivity index (χ0) is 16.3. The smallest absolute Gasteiger partial charge is 0.305 e. The van der Waals surface area contributed by atoms with Crippen molar-refractivity contribution in [2.45, 2.75) is 46.2 Å². The summed E-state index contributed by atoms with van der Waals surface area (Å²) in [5.74, 6) is -0.619. The number of carbonyl (C=O) groups excluding carboxylic acids is 2. The van der Waals surface area contributed by atoms with Crippen LogP contribution >= 0.6 is 0 Å². The van der Waals surface area contributed by atoms with Crippen LogP contribution in [0.25, 0.3) is 0 Å². The fourth-order valence-corrected chi connectivity index (χ4v) is 1.53. The highest BCUT2D eigenvalue weighted by atomic mass is 16.5. The molecule has 3 N–H and O–H groups in total. The summed E-state index contributed by atoms with van der Waals surface area (Å²) in [5, 5.41) is 2.74. The molecule has 21 heavy (non-hydrogen) atoms. The van der Waals surface area contributed by atoms with Crippen LogP contribution in [-0.4, -0.2) is 25.0 Å². The van der Waals surface area contributed by atoms with Gasteiger partial charge in [0.25, 0.3) is 0 Å². The number of rotatable bonds is 6. The summed E-state index contributed by atoms with van der Waals surface area (Å²) in [7, 11) is 1.31. The predicted octanol–water partition coefficient (Wildman–Crippen LogP) is 1.92. The van der Waals surface area contributed by atoms with Crippen LogP contribution in [0.2, 0.25) is 0 Å². The van der Waals surface area contributed by atoms with E-state index in [1.807, 2.05) is 45.0 Å². The first-order valence-electron chi connectivity index (χ1n) is 7.18. The van der Waals surface area contributed by atoms with E-state index in [0.717, 1.165) is 5.56 Å². The number of nitrogens with two attached hydrogens (primary N) is 1. The number of amides is 1. The summed E-state index contributed by atoms with van der Waals surface area (Å²) >= 11 is 0. The number of hydrogen-bond acceptors (Lipinski definition) is 4. The van der Waals surface area contributed by atoms with Crippen molar-refractivity contribution in [1.82, 2.24) is 5.32 Å². The van der Waals surface area contributed by atoms with Crippen LogP contribution in [0.5, 0.6) is 0 Å². The zero-order valence-corrected chi connectivity index (χ0v) is 13.3. The number of benzene rings is 1. The summed E-state index contributed by atoms with van der Waals surface area (Å²) < 4.78 is 4.49. The van der Waals surface area contributed by atoms with E-state index in [2.05, 4.69) is 10.1 Å². The fraction of sp³-hybridized carbons (Fsp3) is 0.500. The van der Waals surface area contributed by atoms with E-state index >= 15 is 0 Å². The first-order valence-corrected chi connectivity index (χ1v) is 7.18. The van der Waals surface area contributed by atoms with Crippen molar-refractivity contribution in [3.8, 4) is 0 Å². The third kappa shape index (κ3) is 8.09. The van der Waals surface area contributed by atoms with Crippen molar-refractivity contribution in [3.63, 3.8) is 0 Å². The molecule has 5 nitrogen and oxygen atoms in total. The van der Waals surface area contributed by atoms with Crippen molar-refractivity contribution < 1.29 is 14.3 Å². The quantitative estimate of drug-likeness (QED) is 0.785. The number of esters is 1. The number of nitrogens with one attached hydrogen (secondary N) is 1. The lowest BCUT2D eigenvalue weighted by Crippen LogP contribution is -2.40. The highest BCUT2D eigenvalue weighted by Gasteiger charge is 2.14. The Hall–Kier alpha value is -1.88. The fourth-order valence-electron chi connectivity index (χ4n) is 1.53. The summed E-state index contributed by atoms with van der Waals surface area (Å²) in [5.41, 5.74) is 7.87. The number of aryl methyl sites for hydroxylation is 1. The average molecular weight is 294 g/mol. The van der Waals surface area contributed by atoms with Crippen molar-refractivity contribution in [2.75, 3.05) is 7.11 Å². The van der Waals surface area contributed by atoms with Crippen LogP contribution < -0.4 is 11.1 Å². The van der Waals surface area contributed by atoms with Gasteiger partial charge in [0.2, 0.25) is 5.91 Å². The molecule has 5 heteroatoms. The molecule has 0 aliphatic rings. The number of methoxy groups -OCH3 is 1. The maximum Gasteiger partial charge on any atom is 0.305 e. The Morgan fingerprint density at radius 2 is 1.81 bits per heavy atom. The summed E-state index contributed by atoms with van der Waals surface area (Å²) in [6, 6.07) is 7.19. The Bertz CT molecular complexity index is 430. The topological polar surface area (TPSA) is 81.4 Å². The highest BCUT2D eigenvalue weighted by molar-refractivity contribution is 5.82. The number of hydrogen-bond donors (Lipinski definition) is 2. The van der Waals surface area contributed by atoms with Crippen LogP contribution in [0.3, 0.4) is 0 Å². The van der Waals surface area contributed by atoms with Gasteiger partial charge in [0, 0.05) is 13.0 Å². The maximum atomic E-state index is 11.7. The SMILES string of the molecule is CC.COC(=O)CCC(N)C(=O)NCc1ccc(C)cc1. The Kier molecular flexibility index (Phi) is 9.88. The van der Waals surface area contributed by atoms with Crippen LogP contribution in [-0.2, 0) is 20.9 Å². The molecule has 0 aromatic heterocycles.